The number of hydrogen-bond acceptors (Lipinski definition) is 3. The normalized spacial score (nSPS) is 16.1. The fraction of sp³-hybridized carbons (Fsp3) is 0.667. The summed E-state index contributed by atoms with van der Waals surface area (Å²) in [5, 5.41) is 3.40. The number of aryl methyl sites for hydroxylation is 1. The highest BCUT2D eigenvalue weighted by Gasteiger charge is 2.15. The minimum absolute atomic E-state index is 0.740. The molecule has 0 amide bonds. The van der Waals surface area contributed by atoms with Crippen LogP contribution in [0.4, 0.5) is 0 Å². The van der Waals surface area contributed by atoms with E-state index >= 15 is 0 Å². The van der Waals surface area contributed by atoms with Gasteiger partial charge in [-0.05, 0) is 31.2 Å². The van der Waals surface area contributed by atoms with Crippen molar-refractivity contribution in [2.45, 2.75) is 45.6 Å². The molecule has 0 heterocycles. The van der Waals surface area contributed by atoms with Crippen LogP contribution in [0.5, 0.6) is 5.75 Å². The molecule has 0 spiro atoms. The second-order valence-corrected chi connectivity index (χ2v) is 6.05. The quantitative estimate of drug-likeness (QED) is 0.741. The minimum Gasteiger partial charge on any atom is -0.493 e. The number of methoxy groups -OCH3 is 1. The average molecular weight is 291 g/mol. The van der Waals surface area contributed by atoms with E-state index in [0.717, 1.165) is 38.0 Å². The summed E-state index contributed by atoms with van der Waals surface area (Å²) in [5.74, 6) is 1.82. The molecular weight excluding hydrogens is 262 g/mol. The van der Waals surface area contributed by atoms with Crippen LogP contribution in [0, 0.1) is 12.8 Å². The van der Waals surface area contributed by atoms with Gasteiger partial charge < -0.3 is 14.8 Å². The number of hydrogen-bond donors (Lipinski definition) is 1. The van der Waals surface area contributed by atoms with Gasteiger partial charge in [-0.25, -0.2) is 0 Å². The maximum atomic E-state index is 6.19. The van der Waals surface area contributed by atoms with E-state index in [4.69, 9.17) is 9.47 Å². The van der Waals surface area contributed by atoms with Crippen LogP contribution >= 0.6 is 0 Å². The summed E-state index contributed by atoms with van der Waals surface area (Å²) in [6.07, 6.45) is 6.79. The van der Waals surface area contributed by atoms with Gasteiger partial charge in [0.2, 0.25) is 0 Å². The third kappa shape index (κ3) is 5.33. The van der Waals surface area contributed by atoms with Crippen molar-refractivity contribution in [1.82, 2.24) is 5.32 Å². The first-order chi connectivity index (χ1) is 10.3. The molecule has 1 fully saturated rings. The highest BCUT2D eigenvalue weighted by atomic mass is 16.5. The number of rotatable bonds is 8. The molecule has 21 heavy (non-hydrogen) atoms. The van der Waals surface area contributed by atoms with Crippen molar-refractivity contribution in [2.75, 3.05) is 26.9 Å². The largest absolute Gasteiger partial charge is 0.493 e. The number of benzene rings is 1. The average Bonchev–Trinajstić information content (AvgIpc) is 2.52. The van der Waals surface area contributed by atoms with Crippen LogP contribution in [-0.4, -0.2) is 26.9 Å². The zero-order chi connectivity index (χ0) is 14.9. The molecule has 0 saturated heterocycles. The van der Waals surface area contributed by atoms with Crippen LogP contribution in [0.15, 0.2) is 18.2 Å². The number of nitrogens with one attached hydrogen (secondary N) is 1. The molecule has 1 aromatic rings. The van der Waals surface area contributed by atoms with Crippen molar-refractivity contribution in [2.24, 2.45) is 5.92 Å². The van der Waals surface area contributed by atoms with Gasteiger partial charge in [-0.3, -0.25) is 0 Å². The molecule has 1 N–H and O–H groups in total. The molecule has 0 bridgehead atoms. The molecule has 0 aromatic heterocycles. The SMILES string of the molecule is COCCNCc1cccc(C)c1OCC1CCCCC1. The predicted octanol–water partition coefficient (Wildman–Crippen LogP) is 3.69. The van der Waals surface area contributed by atoms with E-state index in [0.29, 0.717) is 0 Å². The molecule has 0 radical (unpaired) electrons. The first kappa shape index (κ1) is 16.3. The Bertz CT molecular complexity index is 414. The molecule has 1 aliphatic carbocycles. The summed E-state index contributed by atoms with van der Waals surface area (Å²) < 4.78 is 11.3. The smallest absolute Gasteiger partial charge is 0.126 e. The van der Waals surface area contributed by atoms with Crippen LogP contribution in [0.1, 0.15) is 43.2 Å². The zero-order valence-corrected chi connectivity index (χ0v) is 13.5. The standard InChI is InChI=1S/C18H29NO2/c1-15-7-6-10-17(13-19-11-12-20-2)18(15)21-14-16-8-4-3-5-9-16/h6-7,10,16,19H,3-5,8-9,11-14H2,1-2H3. The zero-order valence-electron chi connectivity index (χ0n) is 13.5. The van der Waals surface area contributed by atoms with Gasteiger partial charge in [0.1, 0.15) is 5.75 Å². The monoisotopic (exact) mass is 291 g/mol. The van der Waals surface area contributed by atoms with Gasteiger partial charge in [-0.1, -0.05) is 37.5 Å². The topological polar surface area (TPSA) is 30.5 Å². The predicted molar refractivity (Wildman–Crippen MR) is 86.8 cm³/mol. The summed E-state index contributed by atoms with van der Waals surface area (Å²) in [5.41, 5.74) is 2.48. The second-order valence-electron chi connectivity index (χ2n) is 6.05. The number of para-hydroxylation sites is 1. The lowest BCUT2D eigenvalue weighted by molar-refractivity contribution is 0.197. The van der Waals surface area contributed by atoms with Crippen LogP contribution in [0.2, 0.25) is 0 Å². The highest BCUT2D eigenvalue weighted by Crippen LogP contribution is 2.28. The van der Waals surface area contributed by atoms with Crippen LogP contribution in [-0.2, 0) is 11.3 Å². The van der Waals surface area contributed by atoms with E-state index in [9.17, 15) is 0 Å². The first-order valence-electron chi connectivity index (χ1n) is 8.22. The Morgan fingerprint density at radius 3 is 2.76 bits per heavy atom. The molecular formula is C18H29NO2. The van der Waals surface area contributed by atoms with Crippen molar-refractivity contribution in [3.8, 4) is 5.75 Å². The van der Waals surface area contributed by atoms with Crippen molar-refractivity contribution in [3.05, 3.63) is 29.3 Å². The lowest BCUT2D eigenvalue weighted by Gasteiger charge is -2.23. The molecule has 0 aliphatic heterocycles. The van der Waals surface area contributed by atoms with Gasteiger partial charge in [0.05, 0.1) is 13.2 Å². The lowest BCUT2D eigenvalue weighted by atomic mass is 9.90. The minimum atomic E-state index is 0.740. The van der Waals surface area contributed by atoms with Crippen LogP contribution in [0.3, 0.4) is 0 Å². The van der Waals surface area contributed by atoms with Crippen LogP contribution < -0.4 is 10.1 Å². The van der Waals surface area contributed by atoms with E-state index in [1.165, 1.54) is 43.2 Å². The molecule has 1 aromatic carbocycles. The maximum absolute atomic E-state index is 6.19. The lowest BCUT2D eigenvalue weighted by Crippen LogP contribution is -2.20. The fourth-order valence-corrected chi connectivity index (χ4v) is 3.01. The summed E-state index contributed by atoms with van der Waals surface area (Å²) in [7, 11) is 1.73. The van der Waals surface area contributed by atoms with E-state index in [1.54, 1.807) is 7.11 Å². The summed E-state index contributed by atoms with van der Waals surface area (Å²) in [4.78, 5) is 0. The summed E-state index contributed by atoms with van der Waals surface area (Å²) in [6, 6.07) is 6.40. The molecule has 3 nitrogen and oxygen atoms in total. The third-order valence-corrected chi connectivity index (χ3v) is 4.28. The Morgan fingerprint density at radius 1 is 1.19 bits per heavy atom. The Morgan fingerprint density at radius 2 is 2.00 bits per heavy atom. The molecule has 1 saturated carbocycles. The highest BCUT2D eigenvalue weighted by molar-refractivity contribution is 5.40. The van der Waals surface area contributed by atoms with Crippen molar-refractivity contribution < 1.29 is 9.47 Å². The molecule has 0 unspecified atom stereocenters. The van der Waals surface area contributed by atoms with Gasteiger partial charge >= 0.3 is 0 Å². The summed E-state index contributed by atoms with van der Waals surface area (Å²) >= 11 is 0. The Kier molecular flexibility index (Phi) is 7.04. The van der Waals surface area contributed by atoms with E-state index < -0.39 is 0 Å². The van der Waals surface area contributed by atoms with E-state index in [1.807, 2.05) is 0 Å². The Hall–Kier alpha value is -1.06. The van der Waals surface area contributed by atoms with Crippen molar-refractivity contribution in [1.29, 1.82) is 0 Å². The van der Waals surface area contributed by atoms with Gasteiger partial charge in [0.15, 0.2) is 0 Å². The second kappa shape index (κ2) is 9.06. The molecule has 0 atom stereocenters. The molecule has 2 rings (SSSR count). The maximum Gasteiger partial charge on any atom is 0.126 e. The van der Waals surface area contributed by atoms with Gasteiger partial charge in [-0.2, -0.15) is 0 Å². The number of ether oxygens (including phenoxy) is 2. The van der Waals surface area contributed by atoms with Crippen molar-refractivity contribution >= 4 is 0 Å². The van der Waals surface area contributed by atoms with Crippen molar-refractivity contribution in [3.63, 3.8) is 0 Å². The van der Waals surface area contributed by atoms with E-state index in [-0.39, 0.29) is 0 Å². The molecule has 1 aliphatic rings. The summed E-state index contributed by atoms with van der Waals surface area (Å²) in [6.45, 7) is 5.45. The fourth-order valence-electron chi connectivity index (χ4n) is 3.01. The van der Waals surface area contributed by atoms with Gasteiger partial charge in [0, 0.05) is 25.8 Å². The third-order valence-electron chi connectivity index (χ3n) is 4.28. The van der Waals surface area contributed by atoms with Gasteiger partial charge in [-0.15, -0.1) is 0 Å². The molecule has 118 valence electrons. The van der Waals surface area contributed by atoms with Crippen LogP contribution in [0.25, 0.3) is 0 Å². The first-order valence-corrected chi connectivity index (χ1v) is 8.22. The molecule has 3 heteroatoms. The Balaban J connectivity index is 1.89. The van der Waals surface area contributed by atoms with E-state index in [2.05, 4.69) is 30.4 Å². The van der Waals surface area contributed by atoms with Gasteiger partial charge in [0.25, 0.3) is 0 Å². The Labute approximate surface area is 129 Å².